The van der Waals surface area contributed by atoms with Crippen LogP contribution in [0.4, 0.5) is 25.1 Å². The lowest BCUT2D eigenvalue weighted by molar-refractivity contribution is 0.0199. The Morgan fingerprint density at radius 2 is 1.79 bits per heavy atom. The number of benzene rings is 2. The molecule has 2 aromatic carbocycles. The molecule has 1 fully saturated rings. The number of carbonyl (C=O) groups excluding carboxylic acids is 2. The van der Waals surface area contributed by atoms with Gasteiger partial charge in [0.2, 0.25) is 5.82 Å². The van der Waals surface area contributed by atoms with Crippen molar-refractivity contribution in [3.05, 3.63) is 71.7 Å². The Kier molecular flexibility index (Phi) is 8.21. The fourth-order valence-corrected chi connectivity index (χ4v) is 5.02. The molecule has 3 heterocycles. The fraction of sp³-hybridized carbons (Fsp3) is 0.355. The molecule has 0 bridgehead atoms. The average Bonchev–Trinajstić information content (AvgIpc) is 3.39. The number of hydrogen-bond acceptors (Lipinski definition) is 7. The molecule has 0 saturated carbocycles. The molecule has 2 aromatic heterocycles. The number of ether oxygens (including phenoxy) is 2. The maximum absolute atomic E-state index is 14.8. The number of imidazole rings is 1. The molecule has 1 aliphatic heterocycles. The van der Waals surface area contributed by atoms with Crippen LogP contribution in [0.3, 0.4) is 0 Å². The van der Waals surface area contributed by atoms with Crippen LogP contribution in [0.25, 0.3) is 16.9 Å². The third kappa shape index (κ3) is 6.37. The largest absolute Gasteiger partial charge is 0.494 e. The van der Waals surface area contributed by atoms with Gasteiger partial charge in [0.05, 0.1) is 19.0 Å². The molecule has 2 N–H and O–H groups in total. The SMILES string of the molecule is COc1ccc(-c2cnc3c(Nc4ccc(C(=O)NC5CCN(C(=O)OC(C)(C)C)CC5)c(C)c4)nccn23)c(F)c1F. The van der Waals surface area contributed by atoms with E-state index in [0.29, 0.717) is 54.3 Å². The number of nitrogens with one attached hydrogen (secondary N) is 2. The van der Waals surface area contributed by atoms with Crippen molar-refractivity contribution in [3.8, 4) is 17.0 Å². The maximum atomic E-state index is 14.8. The minimum atomic E-state index is -1.08. The number of rotatable bonds is 6. The Bertz CT molecular complexity index is 1680. The molecule has 12 heteroatoms. The number of amides is 2. The first kappa shape index (κ1) is 29.7. The van der Waals surface area contributed by atoms with Gasteiger partial charge in [-0.25, -0.2) is 19.2 Å². The summed E-state index contributed by atoms with van der Waals surface area (Å²) in [4.78, 5) is 35.9. The van der Waals surface area contributed by atoms with Crippen molar-refractivity contribution in [2.45, 2.75) is 52.2 Å². The smallest absolute Gasteiger partial charge is 0.410 e. The fourth-order valence-electron chi connectivity index (χ4n) is 5.02. The predicted octanol–water partition coefficient (Wildman–Crippen LogP) is 5.86. The van der Waals surface area contributed by atoms with Crippen LogP contribution < -0.4 is 15.4 Å². The number of fused-ring (bicyclic) bond motifs is 1. The van der Waals surface area contributed by atoms with Crippen molar-refractivity contribution in [1.82, 2.24) is 24.6 Å². The van der Waals surface area contributed by atoms with Crippen molar-refractivity contribution < 1.29 is 27.8 Å². The molecule has 0 unspecified atom stereocenters. The topological polar surface area (TPSA) is 110 Å². The van der Waals surface area contributed by atoms with Crippen molar-refractivity contribution in [3.63, 3.8) is 0 Å². The van der Waals surface area contributed by atoms with Crippen molar-refractivity contribution in [2.75, 3.05) is 25.5 Å². The van der Waals surface area contributed by atoms with Gasteiger partial charge in [-0.15, -0.1) is 0 Å². The number of hydrogen-bond donors (Lipinski definition) is 2. The standard InChI is InChI=1S/C31H34F2N6O4/c1-18-16-20(6-7-21(18)29(40)37-19-10-13-38(14-11-19)30(41)43-31(2,3)4)36-27-28-35-17-23(39(28)15-12-34-27)22-8-9-24(42-5)26(33)25(22)32/h6-9,12,15-17,19H,10-11,13-14H2,1-5H3,(H,34,36)(H,37,40). The van der Waals surface area contributed by atoms with E-state index in [0.717, 1.165) is 5.56 Å². The van der Waals surface area contributed by atoms with E-state index in [2.05, 4.69) is 20.6 Å². The first-order chi connectivity index (χ1) is 20.4. The summed E-state index contributed by atoms with van der Waals surface area (Å²) in [7, 11) is 1.27. The molecular weight excluding hydrogens is 558 g/mol. The van der Waals surface area contributed by atoms with Crippen LogP contribution >= 0.6 is 0 Å². The van der Waals surface area contributed by atoms with Crippen LogP contribution in [-0.4, -0.2) is 63.1 Å². The van der Waals surface area contributed by atoms with Gasteiger partial charge < -0.3 is 25.0 Å². The van der Waals surface area contributed by atoms with Crippen LogP contribution in [0, 0.1) is 18.6 Å². The summed E-state index contributed by atoms with van der Waals surface area (Å²) in [6.45, 7) is 8.36. The van der Waals surface area contributed by atoms with E-state index in [9.17, 15) is 18.4 Å². The summed E-state index contributed by atoms with van der Waals surface area (Å²) in [5, 5.41) is 6.29. The Hall–Kier alpha value is -4.74. The van der Waals surface area contributed by atoms with Crippen molar-refractivity contribution in [2.24, 2.45) is 0 Å². The molecule has 43 heavy (non-hydrogen) atoms. The van der Waals surface area contributed by atoms with Gasteiger partial charge in [-0.05, 0) is 76.4 Å². The Morgan fingerprint density at radius 3 is 2.47 bits per heavy atom. The molecule has 2 amide bonds. The normalized spacial score (nSPS) is 14.1. The quantitative estimate of drug-likeness (QED) is 0.288. The minimum absolute atomic E-state index is 0.0321. The van der Waals surface area contributed by atoms with Crippen LogP contribution in [0.15, 0.2) is 48.9 Å². The molecule has 0 atom stereocenters. The molecule has 5 rings (SSSR count). The number of aryl methyl sites for hydroxylation is 1. The van der Waals surface area contributed by atoms with Crippen LogP contribution in [-0.2, 0) is 4.74 Å². The van der Waals surface area contributed by atoms with Crippen molar-refractivity contribution in [1.29, 1.82) is 0 Å². The average molecular weight is 593 g/mol. The third-order valence-electron chi connectivity index (χ3n) is 7.19. The second-order valence-corrected chi connectivity index (χ2v) is 11.4. The van der Waals surface area contributed by atoms with E-state index in [-0.39, 0.29) is 29.4 Å². The maximum Gasteiger partial charge on any atom is 0.410 e. The number of anilines is 2. The number of aromatic nitrogens is 3. The lowest BCUT2D eigenvalue weighted by Gasteiger charge is -2.33. The summed E-state index contributed by atoms with van der Waals surface area (Å²) >= 11 is 0. The van der Waals surface area contributed by atoms with Gasteiger partial charge in [-0.1, -0.05) is 0 Å². The van der Waals surface area contributed by atoms with E-state index in [1.807, 2.05) is 33.8 Å². The molecule has 0 aliphatic carbocycles. The Balaban J connectivity index is 1.26. The third-order valence-corrected chi connectivity index (χ3v) is 7.19. The van der Waals surface area contributed by atoms with Gasteiger partial charge in [0, 0.05) is 48.3 Å². The number of nitrogens with zero attached hydrogens (tertiary/aromatic N) is 4. The minimum Gasteiger partial charge on any atom is -0.494 e. The second kappa shape index (κ2) is 11.9. The van der Waals surface area contributed by atoms with E-state index in [1.165, 1.54) is 31.6 Å². The van der Waals surface area contributed by atoms with Gasteiger partial charge in [-0.2, -0.15) is 4.39 Å². The van der Waals surface area contributed by atoms with E-state index < -0.39 is 17.2 Å². The summed E-state index contributed by atoms with van der Waals surface area (Å²) in [5.41, 5.74) is 2.19. The first-order valence-electron chi connectivity index (χ1n) is 14.0. The summed E-state index contributed by atoms with van der Waals surface area (Å²) < 4.78 is 41.1. The lowest BCUT2D eigenvalue weighted by Crippen LogP contribution is -2.47. The molecule has 0 radical (unpaired) electrons. The van der Waals surface area contributed by atoms with Crippen LogP contribution in [0.5, 0.6) is 5.75 Å². The monoisotopic (exact) mass is 592 g/mol. The van der Waals surface area contributed by atoms with Gasteiger partial charge >= 0.3 is 6.09 Å². The van der Waals surface area contributed by atoms with Gasteiger partial charge in [0.25, 0.3) is 5.91 Å². The van der Waals surface area contributed by atoms with Crippen molar-refractivity contribution >= 4 is 29.2 Å². The molecule has 1 saturated heterocycles. The van der Waals surface area contributed by atoms with E-state index in [1.54, 1.807) is 27.6 Å². The summed E-state index contributed by atoms with van der Waals surface area (Å²) in [6, 6.07) is 8.07. The second-order valence-electron chi connectivity index (χ2n) is 11.4. The van der Waals surface area contributed by atoms with Crippen LogP contribution in [0.1, 0.15) is 49.5 Å². The van der Waals surface area contributed by atoms with Gasteiger partial charge in [0.15, 0.2) is 23.0 Å². The zero-order valence-corrected chi connectivity index (χ0v) is 24.7. The van der Waals surface area contributed by atoms with E-state index >= 15 is 0 Å². The lowest BCUT2D eigenvalue weighted by atomic mass is 10.0. The Morgan fingerprint density at radius 1 is 1.05 bits per heavy atom. The molecule has 226 valence electrons. The Labute approximate surface area is 248 Å². The number of halogens is 2. The molecule has 0 spiro atoms. The molecular formula is C31H34F2N6O4. The summed E-state index contributed by atoms with van der Waals surface area (Å²) in [6.07, 6.45) is 5.53. The predicted molar refractivity (Wildman–Crippen MR) is 158 cm³/mol. The number of methoxy groups -OCH3 is 1. The highest BCUT2D eigenvalue weighted by Gasteiger charge is 2.28. The number of carbonyl (C=O) groups is 2. The highest BCUT2D eigenvalue weighted by atomic mass is 19.2. The zero-order chi connectivity index (χ0) is 30.9. The zero-order valence-electron chi connectivity index (χ0n) is 24.7. The highest BCUT2D eigenvalue weighted by Crippen LogP contribution is 2.31. The van der Waals surface area contributed by atoms with Crippen LogP contribution in [0.2, 0.25) is 0 Å². The molecule has 10 nitrogen and oxygen atoms in total. The molecule has 1 aliphatic rings. The van der Waals surface area contributed by atoms with Gasteiger partial charge in [-0.3, -0.25) is 9.20 Å². The number of likely N-dealkylation sites (tertiary alicyclic amines) is 1. The molecule has 4 aromatic rings. The van der Waals surface area contributed by atoms with E-state index in [4.69, 9.17) is 9.47 Å². The highest BCUT2D eigenvalue weighted by molar-refractivity contribution is 5.96. The number of piperidine rings is 1. The summed E-state index contributed by atoms with van der Waals surface area (Å²) in [5.74, 6) is -2.09. The first-order valence-corrected chi connectivity index (χ1v) is 14.0. The van der Waals surface area contributed by atoms with Gasteiger partial charge in [0.1, 0.15) is 5.60 Å².